The molecule has 0 aliphatic rings. The van der Waals surface area contributed by atoms with E-state index in [9.17, 15) is 16.8 Å². The second-order valence-electron chi connectivity index (χ2n) is 3.47. The largest absolute Gasteiger partial charge is 0.320 e. The van der Waals surface area contributed by atoms with Crippen LogP contribution in [0, 0.1) is 0 Å². The van der Waals surface area contributed by atoms with Crippen LogP contribution >= 0.6 is 12.4 Å². The van der Waals surface area contributed by atoms with Gasteiger partial charge in [0.05, 0.1) is 11.5 Å². The van der Waals surface area contributed by atoms with Crippen molar-refractivity contribution in [2.45, 2.75) is 13.3 Å². The second-order valence-corrected chi connectivity index (χ2v) is 7.49. The van der Waals surface area contributed by atoms with Crippen LogP contribution in [-0.2, 0) is 20.0 Å². The molecule has 0 radical (unpaired) electrons. The van der Waals surface area contributed by atoms with Crippen LogP contribution in [0.25, 0.3) is 0 Å². The number of rotatable bonds is 10. The van der Waals surface area contributed by atoms with Crippen molar-refractivity contribution in [2.75, 3.05) is 38.2 Å². The Balaban J connectivity index is 0. The number of hydrogen-bond donors (Lipinski definition) is 3. The van der Waals surface area contributed by atoms with Crippen molar-refractivity contribution in [3.63, 3.8) is 0 Å². The summed E-state index contributed by atoms with van der Waals surface area (Å²) in [6.45, 7) is 2.47. The van der Waals surface area contributed by atoms with Crippen molar-refractivity contribution in [3.8, 4) is 0 Å². The average molecular weight is 324 g/mol. The fourth-order valence-electron chi connectivity index (χ4n) is 0.999. The molecule has 0 saturated carbocycles. The molecule has 0 rings (SSSR count). The molecule has 0 saturated heterocycles. The van der Waals surface area contributed by atoms with Gasteiger partial charge in [-0.1, -0.05) is 0 Å². The molecule has 18 heavy (non-hydrogen) atoms. The molecule has 0 atom stereocenters. The van der Waals surface area contributed by atoms with E-state index in [1.165, 1.54) is 6.92 Å². The van der Waals surface area contributed by atoms with E-state index in [2.05, 4.69) is 14.8 Å². The monoisotopic (exact) mass is 323 g/mol. The Bertz CT molecular complexity index is 397. The van der Waals surface area contributed by atoms with Gasteiger partial charge in [-0.15, -0.1) is 12.4 Å². The second kappa shape index (κ2) is 9.93. The van der Waals surface area contributed by atoms with E-state index in [0.29, 0.717) is 13.0 Å². The zero-order chi connectivity index (χ0) is 13.4. The number of nitrogens with one attached hydrogen (secondary N) is 3. The van der Waals surface area contributed by atoms with Gasteiger partial charge < -0.3 is 5.32 Å². The topological polar surface area (TPSA) is 104 Å². The maximum Gasteiger partial charge on any atom is 0.212 e. The highest BCUT2D eigenvalue weighted by atomic mass is 35.5. The zero-order valence-corrected chi connectivity index (χ0v) is 13.0. The Labute approximate surface area is 116 Å². The maximum absolute atomic E-state index is 11.4. The minimum atomic E-state index is -3.40. The molecule has 0 unspecified atom stereocenters. The summed E-state index contributed by atoms with van der Waals surface area (Å²) in [5.41, 5.74) is 0. The van der Waals surface area contributed by atoms with E-state index >= 15 is 0 Å². The van der Waals surface area contributed by atoms with E-state index in [0.717, 1.165) is 6.54 Å². The van der Waals surface area contributed by atoms with Gasteiger partial charge in [-0.3, -0.25) is 0 Å². The molecule has 0 heterocycles. The highest BCUT2D eigenvalue weighted by Gasteiger charge is 2.11. The number of halogens is 1. The third-order valence-electron chi connectivity index (χ3n) is 2.00. The molecule has 0 aromatic heterocycles. The Kier molecular flexibility index (Phi) is 11.2. The van der Waals surface area contributed by atoms with Gasteiger partial charge in [0.2, 0.25) is 20.0 Å². The minimum absolute atomic E-state index is 0. The first-order valence-corrected chi connectivity index (χ1v) is 8.72. The SMILES string of the molecule is CCS(=O)(=O)NCCS(=O)(=O)NCCCNC.Cl. The Morgan fingerprint density at radius 3 is 1.94 bits per heavy atom. The fourth-order valence-corrected chi connectivity index (χ4v) is 2.72. The average Bonchev–Trinajstić information content (AvgIpc) is 2.24. The predicted octanol–water partition coefficient (Wildman–Crippen LogP) is -1.12. The molecule has 0 spiro atoms. The molecule has 0 fully saturated rings. The van der Waals surface area contributed by atoms with Crippen LogP contribution in [0.15, 0.2) is 0 Å². The van der Waals surface area contributed by atoms with E-state index in [4.69, 9.17) is 0 Å². The van der Waals surface area contributed by atoms with E-state index < -0.39 is 20.0 Å². The van der Waals surface area contributed by atoms with Gasteiger partial charge in [-0.05, 0) is 26.9 Å². The third kappa shape index (κ3) is 11.2. The Hall–Kier alpha value is 0.0700. The first-order valence-electron chi connectivity index (χ1n) is 5.42. The molecule has 10 heteroatoms. The summed E-state index contributed by atoms with van der Waals surface area (Å²) in [5, 5.41) is 2.90. The summed E-state index contributed by atoms with van der Waals surface area (Å²) in [5.74, 6) is -0.297. The molecule has 0 aromatic rings. The lowest BCUT2D eigenvalue weighted by atomic mass is 10.4. The molecule has 3 N–H and O–H groups in total. The van der Waals surface area contributed by atoms with Crippen LogP contribution in [0.1, 0.15) is 13.3 Å². The van der Waals surface area contributed by atoms with Gasteiger partial charge in [-0.25, -0.2) is 26.3 Å². The van der Waals surface area contributed by atoms with Crippen molar-refractivity contribution in [1.29, 1.82) is 0 Å². The normalized spacial score (nSPS) is 12.1. The van der Waals surface area contributed by atoms with E-state index in [-0.39, 0.29) is 30.5 Å². The van der Waals surface area contributed by atoms with Crippen molar-refractivity contribution in [1.82, 2.24) is 14.8 Å². The highest BCUT2D eigenvalue weighted by Crippen LogP contribution is 1.87. The van der Waals surface area contributed by atoms with Crippen LogP contribution in [0.5, 0.6) is 0 Å². The molecule has 7 nitrogen and oxygen atoms in total. The first-order chi connectivity index (χ1) is 7.83. The summed E-state index contributed by atoms with van der Waals surface area (Å²) in [4.78, 5) is 0. The van der Waals surface area contributed by atoms with Crippen LogP contribution < -0.4 is 14.8 Å². The highest BCUT2D eigenvalue weighted by molar-refractivity contribution is 7.90. The van der Waals surface area contributed by atoms with Gasteiger partial charge >= 0.3 is 0 Å². The van der Waals surface area contributed by atoms with Crippen molar-refractivity contribution in [2.24, 2.45) is 0 Å². The lowest BCUT2D eigenvalue weighted by Gasteiger charge is -2.07. The maximum atomic E-state index is 11.4. The summed E-state index contributed by atoms with van der Waals surface area (Å²) < 4.78 is 49.5. The van der Waals surface area contributed by atoms with Gasteiger partial charge in [0.25, 0.3) is 0 Å². The van der Waals surface area contributed by atoms with Gasteiger partial charge in [0, 0.05) is 13.1 Å². The quantitative estimate of drug-likeness (QED) is 0.442. The standard InChI is InChI=1S/C8H21N3O4S2.ClH/c1-3-16(12,13)11-7-8-17(14,15)10-6-4-5-9-2;/h9-11H,3-8H2,1-2H3;1H. The summed E-state index contributed by atoms with van der Waals surface area (Å²) >= 11 is 0. The summed E-state index contributed by atoms with van der Waals surface area (Å²) in [6, 6.07) is 0. The smallest absolute Gasteiger partial charge is 0.212 e. The molecular formula is C8H22ClN3O4S2. The van der Waals surface area contributed by atoms with Crippen molar-refractivity contribution < 1.29 is 16.8 Å². The van der Waals surface area contributed by atoms with Crippen LogP contribution in [-0.4, -0.2) is 55.0 Å². The molecule has 0 aliphatic heterocycles. The van der Waals surface area contributed by atoms with Crippen LogP contribution in [0.4, 0.5) is 0 Å². The van der Waals surface area contributed by atoms with Crippen LogP contribution in [0.2, 0.25) is 0 Å². The van der Waals surface area contributed by atoms with E-state index in [1.54, 1.807) is 7.05 Å². The van der Waals surface area contributed by atoms with Crippen molar-refractivity contribution in [3.05, 3.63) is 0 Å². The lowest BCUT2D eigenvalue weighted by molar-refractivity contribution is 0.572. The lowest BCUT2D eigenvalue weighted by Crippen LogP contribution is -2.35. The number of hydrogen-bond acceptors (Lipinski definition) is 5. The summed E-state index contributed by atoms with van der Waals surface area (Å²) in [6.07, 6.45) is 0.691. The van der Waals surface area contributed by atoms with Crippen LogP contribution in [0.3, 0.4) is 0 Å². The van der Waals surface area contributed by atoms with Gasteiger partial charge in [0.1, 0.15) is 0 Å². The molecule has 112 valence electrons. The van der Waals surface area contributed by atoms with Gasteiger partial charge in [-0.2, -0.15) is 0 Å². The number of sulfonamides is 2. The van der Waals surface area contributed by atoms with E-state index in [1.807, 2.05) is 0 Å². The minimum Gasteiger partial charge on any atom is -0.320 e. The third-order valence-corrected chi connectivity index (χ3v) is 4.79. The summed E-state index contributed by atoms with van der Waals surface area (Å²) in [7, 11) is -4.93. The molecule has 0 aliphatic carbocycles. The zero-order valence-electron chi connectivity index (χ0n) is 10.6. The molecular weight excluding hydrogens is 302 g/mol. The fraction of sp³-hybridized carbons (Fsp3) is 1.00. The van der Waals surface area contributed by atoms with Crippen molar-refractivity contribution >= 4 is 32.5 Å². The predicted molar refractivity (Wildman–Crippen MR) is 75.0 cm³/mol. The molecule has 0 bridgehead atoms. The Morgan fingerprint density at radius 2 is 1.44 bits per heavy atom. The first kappa shape index (κ1) is 20.4. The Morgan fingerprint density at radius 1 is 0.889 bits per heavy atom. The van der Waals surface area contributed by atoms with Gasteiger partial charge in [0.15, 0.2) is 0 Å². The molecule has 0 amide bonds. The molecule has 0 aromatic carbocycles.